The first-order chi connectivity index (χ1) is 11.0. The van der Waals surface area contributed by atoms with E-state index in [1.807, 2.05) is 38.1 Å². The number of anilines is 1. The van der Waals surface area contributed by atoms with Crippen molar-refractivity contribution < 1.29 is 14.3 Å². The van der Waals surface area contributed by atoms with Crippen molar-refractivity contribution in [3.8, 4) is 0 Å². The molecule has 0 aliphatic rings. The van der Waals surface area contributed by atoms with Gasteiger partial charge in [-0.1, -0.05) is 25.1 Å². The Morgan fingerprint density at radius 1 is 1.13 bits per heavy atom. The third-order valence-electron chi connectivity index (χ3n) is 3.33. The molecule has 2 aromatic rings. The summed E-state index contributed by atoms with van der Waals surface area (Å²) in [5.74, 6) is -0.890. The van der Waals surface area contributed by atoms with Crippen LogP contribution in [0.2, 0.25) is 0 Å². The highest BCUT2D eigenvalue weighted by Crippen LogP contribution is 2.23. The Bertz CT molecular complexity index is 711. The molecule has 120 valence electrons. The summed E-state index contributed by atoms with van der Waals surface area (Å²) < 4.78 is 5.82. The second-order valence-electron chi connectivity index (χ2n) is 5.16. The largest absolute Gasteiger partial charge is 0.452 e. The number of aryl methyl sites for hydroxylation is 2. The van der Waals surface area contributed by atoms with Crippen LogP contribution in [0.3, 0.4) is 0 Å². The lowest BCUT2D eigenvalue weighted by Gasteiger charge is -2.09. The van der Waals surface area contributed by atoms with Gasteiger partial charge in [0.2, 0.25) is 0 Å². The third kappa shape index (κ3) is 4.93. The number of benzene rings is 2. The van der Waals surface area contributed by atoms with E-state index in [9.17, 15) is 9.59 Å². The zero-order valence-corrected chi connectivity index (χ0v) is 14.6. The van der Waals surface area contributed by atoms with Gasteiger partial charge in [-0.15, -0.1) is 0 Å². The Labute approximate surface area is 144 Å². The van der Waals surface area contributed by atoms with Crippen LogP contribution in [0.4, 0.5) is 5.69 Å². The molecule has 23 heavy (non-hydrogen) atoms. The normalized spacial score (nSPS) is 10.2. The molecule has 0 aromatic heterocycles. The maximum atomic E-state index is 11.9. The minimum absolute atomic E-state index is 0.325. The number of amides is 1. The number of halogens is 1. The van der Waals surface area contributed by atoms with Gasteiger partial charge in [0.15, 0.2) is 6.61 Å². The summed E-state index contributed by atoms with van der Waals surface area (Å²) in [5, 5.41) is 2.70. The number of hydrogen-bond acceptors (Lipinski definition) is 3. The summed E-state index contributed by atoms with van der Waals surface area (Å²) in [5.41, 5.74) is 3.30. The van der Waals surface area contributed by atoms with Crippen LogP contribution < -0.4 is 5.32 Å². The van der Waals surface area contributed by atoms with Gasteiger partial charge in [-0.25, -0.2) is 4.79 Å². The van der Waals surface area contributed by atoms with E-state index in [4.69, 9.17) is 4.74 Å². The molecular weight excluding hydrogens is 358 g/mol. The molecule has 0 heterocycles. The van der Waals surface area contributed by atoms with Gasteiger partial charge in [0.1, 0.15) is 0 Å². The van der Waals surface area contributed by atoms with Crippen molar-refractivity contribution in [3.63, 3.8) is 0 Å². The van der Waals surface area contributed by atoms with Crippen molar-refractivity contribution >= 4 is 33.5 Å². The predicted molar refractivity (Wildman–Crippen MR) is 93.6 cm³/mol. The van der Waals surface area contributed by atoms with Gasteiger partial charge < -0.3 is 10.1 Å². The monoisotopic (exact) mass is 375 g/mol. The molecule has 4 nitrogen and oxygen atoms in total. The average Bonchev–Trinajstić information content (AvgIpc) is 2.55. The Morgan fingerprint density at radius 3 is 2.43 bits per heavy atom. The van der Waals surface area contributed by atoms with Crippen LogP contribution in [0.15, 0.2) is 46.9 Å². The van der Waals surface area contributed by atoms with Gasteiger partial charge >= 0.3 is 5.97 Å². The van der Waals surface area contributed by atoms with Crippen LogP contribution in [0.1, 0.15) is 28.4 Å². The highest BCUT2D eigenvalue weighted by Gasteiger charge is 2.11. The Balaban J connectivity index is 1.89. The number of carbonyl (C=O) groups excluding carboxylic acids is 2. The lowest BCUT2D eigenvalue weighted by molar-refractivity contribution is -0.119. The zero-order valence-electron chi connectivity index (χ0n) is 13.1. The molecule has 0 atom stereocenters. The van der Waals surface area contributed by atoms with Gasteiger partial charge in [-0.2, -0.15) is 0 Å². The highest BCUT2D eigenvalue weighted by atomic mass is 79.9. The minimum Gasteiger partial charge on any atom is -0.452 e. The van der Waals surface area contributed by atoms with Crippen LogP contribution in [0.25, 0.3) is 0 Å². The number of hydrogen-bond donors (Lipinski definition) is 1. The fraction of sp³-hybridized carbons (Fsp3) is 0.222. The summed E-state index contributed by atoms with van der Waals surface area (Å²) in [7, 11) is 0. The minimum atomic E-state index is -0.509. The van der Waals surface area contributed by atoms with Gasteiger partial charge in [0.05, 0.1) is 11.3 Å². The van der Waals surface area contributed by atoms with Crippen LogP contribution in [-0.4, -0.2) is 18.5 Å². The lowest BCUT2D eigenvalue weighted by atomic mass is 10.1. The Kier molecular flexibility index (Phi) is 5.93. The van der Waals surface area contributed by atoms with E-state index in [1.165, 1.54) is 0 Å². The van der Waals surface area contributed by atoms with Gasteiger partial charge in [0, 0.05) is 4.47 Å². The van der Waals surface area contributed by atoms with E-state index >= 15 is 0 Å². The quantitative estimate of drug-likeness (QED) is 0.799. The molecule has 0 spiro atoms. The molecular formula is C18H18BrNO3. The van der Waals surface area contributed by atoms with E-state index in [0.717, 1.165) is 22.0 Å². The van der Waals surface area contributed by atoms with Crippen LogP contribution >= 0.6 is 15.9 Å². The molecule has 0 saturated heterocycles. The Morgan fingerprint density at radius 2 is 1.83 bits per heavy atom. The summed E-state index contributed by atoms with van der Waals surface area (Å²) in [6.45, 7) is 3.68. The third-order valence-corrected chi connectivity index (χ3v) is 3.99. The van der Waals surface area contributed by atoms with E-state index < -0.39 is 5.97 Å². The molecule has 2 rings (SSSR count). The maximum absolute atomic E-state index is 11.9. The van der Waals surface area contributed by atoms with Crippen LogP contribution in [-0.2, 0) is 16.0 Å². The number of nitrogens with one attached hydrogen (secondary N) is 1. The number of rotatable bonds is 5. The molecule has 0 unspecified atom stereocenters. The first-order valence-corrected chi connectivity index (χ1v) is 8.11. The number of carbonyl (C=O) groups is 2. The van der Waals surface area contributed by atoms with Gasteiger partial charge in [-0.05, 0) is 64.7 Å². The smallest absolute Gasteiger partial charge is 0.338 e. The lowest BCUT2D eigenvalue weighted by Crippen LogP contribution is -2.21. The molecule has 0 radical (unpaired) electrons. The first-order valence-electron chi connectivity index (χ1n) is 7.31. The summed E-state index contributed by atoms with van der Waals surface area (Å²) in [6.07, 6.45) is 0.906. The fourth-order valence-electron chi connectivity index (χ4n) is 2.00. The van der Waals surface area contributed by atoms with Gasteiger partial charge in [-0.3, -0.25) is 4.79 Å². The van der Waals surface area contributed by atoms with Crippen molar-refractivity contribution in [2.75, 3.05) is 11.9 Å². The van der Waals surface area contributed by atoms with E-state index in [2.05, 4.69) is 21.2 Å². The molecule has 2 aromatic carbocycles. The van der Waals surface area contributed by atoms with E-state index in [1.54, 1.807) is 18.2 Å². The van der Waals surface area contributed by atoms with Crippen molar-refractivity contribution in [1.29, 1.82) is 0 Å². The zero-order chi connectivity index (χ0) is 16.8. The molecule has 0 aliphatic heterocycles. The number of esters is 1. The second-order valence-corrected chi connectivity index (χ2v) is 6.01. The predicted octanol–water partition coefficient (Wildman–Crippen LogP) is 4.12. The van der Waals surface area contributed by atoms with E-state index in [0.29, 0.717) is 11.3 Å². The first kappa shape index (κ1) is 17.2. The molecule has 5 heteroatoms. The molecule has 0 bridgehead atoms. The molecule has 0 fully saturated rings. The number of ether oxygens (including phenoxy) is 1. The van der Waals surface area contributed by atoms with Crippen molar-refractivity contribution in [1.82, 2.24) is 0 Å². The highest BCUT2D eigenvalue weighted by molar-refractivity contribution is 9.10. The topological polar surface area (TPSA) is 55.4 Å². The second kappa shape index (κ2) is 7.92. The van der Waals surface area contributed by atoms with Crippen molar-refractivity contribution in [2.24, 2.45) is 0 Å². The average molecular weight is 376 g/mol. The molecule has 0 aliphatic carbocycles. The molecule has 1 N–H and O–H groups in total. The molecule has 0 saturated carbocycles. The summed E-state index contributed by atoms with van der Waals surface area (Å²) in [6, 6.07) is 12.7. The maximum Gasteiger partial charge on any atom is 0.338 e. The van der Waals surface area contributed by atoms with E-state index in [-0.39, 0.29) is 12.5 Å². The fourth-order valence-corrected chi connectivity index (χ4v) is 2.59. The van der Waals surface area contributed by atoms with Crippen molar-refractivity contribution in [3.05, 3.63) is 63.6 Å². The Hall–Kier alpha value is -2.14. The van der Waals surface area contributed by atoms with Crippen molar-refractivity contribution in [2.45, 2.75) is 20.3 Å². The van der Waals surface area contributed by atoms with Gasteiger partial charge in [0.25, 0.3) is 5.91 Å². The molecule has 1 amide bonds. The summed E-state index contributed by atoms with van der Waals surface area (Å²) >= 11 is 3.38. The summed E-state index contributed by atoms with van der Waals surface area (Å²) in [4.78, 5) is 23.8. The van der Waals surface area contributed by atoms with Crippen LogP contribution in [0.5, 0.6) is 0 Å². The SMILES string of the molecule is CCc1ccc(C(=O)OCC(=O)Nc2ccc(C)cc2Br)cc1. The van der Waals surface area contributed by atoms with Crippen LogP contribution in [0, 0.1) is 6.92 Å². The standard InChI is InChI=1S/C18H18BrNO3/c1-3-13-5-7-14(8-6-13)18(22)23-11-17(21)20-16-9-4-12(2)10-15(16)19/h4-10H,3,11H2,1-2H3,(H,20,21).